The van der Waals surface area contributed by atoms with Crippen LogP contribution < -0.4 is 10.6 Å². The zero-order valence-corrected chi connectivity index (χ0v) is 16.6. The van der Waals surface area contributed by atoms with Crippen molar-refractivity contribution in [2.75, 3.05) is 7.05 Å². The number of amides is 3. The van der Waals surface area contributed by atoms with Crippen molar-refractivity contribution < 1.29 is 23.5 Å². The minimum Gasteiger partial charge on any atom is -0.449 e. The lowest BCUT2D eigenvalue weighted by molar-refractivity contribution is -0.127. The van der Waals surface area contributed by atoms with E-state index >= 15 is 0 Å². The molecule has 3 aromatic rings. The molecule has 1 aromatic heterocycles. The fraction of sp³-hybridized carbons (Fsp3) is 0.200. The molecule has 0 aliphatic rings. The van der Waals surface area contributed by atoms with Crippen LogP contribution in [0.1, 0.15) is 22.8 Å². The second-order valence-electron chi connectivity index (χ2n) is 6.01. The minimum absolute atomic E-state index is 0.329. The first-order valence-electron chi connectivity index (χ1n) is 8.77. The molecule has 1 atom stereocenters. The van der Waals surface area contributed by atoms with Crippen LogP contribution in [0.5, 0.6) is 0 Å². The summed E-state index contributed by atoms with van der Waals surface area (Å²) >= 11 is 1.35. The van der Waals surface area contributed by atoms with Gasteiger partial charge in [-0.3, -0.25) is 10.1 Å². The van der Waals surface area contributed by atoms with Gasteiger partial charge in [0.1, 0.15) is 5.52 Å². The number of carbonyl (C=O) groups excluding carboxylic acids is 3. The molecule has 0 radical (unpaired) electrons. The highest BCUT2D eigenvalue weighted by molar-refractivity contribution is 7.98. The van der Waals surface area contributed by atoms with Gasteiger partial charge in [0, 0.05) is 12.8 Å². The van der Waals surface area contributed by atoms with E-state index in [9.17, 15) is 14.4 Å². The van der Waals surface area contributed by atoms with Gasteiger partial charge in [-0.1, -0.05) is 42.1 Å². The summed E-state index contributed by atoms with van der Waals surface area (Å²) in [4.78, 5) is 40.0. The zero-order valence-electron chi connectivity index (χ0n) is 15.8. The van der Waals surface area contributed by atoms with Gasteiger partial charge in [-0.25, -0.2) is 14.6 Å². The number of para-hydroxylation sites is 2. The number of fused-ring (bicyclic) bond motifs is 1. The quantitative estimate of drug-likeness (QED) is 0.472. The molecule has 0 spiro atoms. The number of nitrogens with zero attached hydrogens (tertiary/aromatic N) is 1. The van der Waals surface area contributed by atoms with E-state index in [4.69, 9.17) is 9.15 Å². The monoisotopic (exact) mass is 413 g/mol. The summed E-state index contributed by atoms with van der Waals surface area (Å²) in [5.41, 5.74) is 2.50. The Bertz CT molecular complexity index is 1020. The predicted octanol–water partition coefficient (Wildman–Crippen LogP) is 3.12. The molecule has 8 nitrogen and oxygen atoms in total. The molecule has 0 fully saturated rings. The number of imide groups is 1. The summed E-state index contributed by atoms with van der Waals surface area (Å²) < 4.78 is 10.9. The lowest BCUT2D eigenvalue weighted by Crippen LogP contribution is -2.43. The number of hydrogen-bond acceptors (Lipinski definition) is 7. The Morgan fingerprint density at radius 3 is 2.62 bits per heavy atom. The second-order valence-corrected chi connectivity index (χ2v) is 6.94. The maximum atomic E-state index is 12.5. The average molecular weight is 413 g/mol. The molecule has 0 aliphatic heterocycles. The highest BCUT2D eigenvalue weighted by Crippen LogP contribution is 2.27. The number of urea groups is 1. The van der Waals surface area contributed by atoms with E-state index in [0.717, 1.165) is 5.52 Å². The first-order valence-corrected chi connectivity index (χ1v) is 9.76. The van der Waals surface area contributed by atoms with E-state index in [0.29, 0.717) is 27.7 Å². The lowest BCUT2D eigenvalue weighted by Gasteiger charge is -2.14. The normalized spacial score (nSPS) is 11.7. The van der Waals surface area contributed by atoms with Crippen LogP contribution in [0.4, 0.5) is 4.79 Å². The third-order valence-corrected chi connectivity index (χ3v) is 4.86. The molecule has 0 saturated carbocycles. The molecule has 2 N–H and O–H groups in total. The number of ether oxygens (including phenoxy) is 1. The molecule has 0 saturated heterocycles. The fourth-order valence-electron chi connectivity index (χ4n) is 2.45. The Labute approximate surface area is 171 Å². The molecule has 0 unspecified atom stereocenters. The van der Waals surface area contributed by atoms with Gasteiger partial charge in [0.25, 0.3) is 11.1 Å². The Hall–Kier alpha value is -3.33. The number of carbonyl (C=O) groups is 3. The lowest BCUT2D eigenvalue weighted by atomic mass is 10.1. The van der Waals surface area contributed by atoms with Crippen LogP contribution in [0.25, 0.3) is 11.1 Å². The third kappa shape index (κ3) is 5.14. The van der Waals surface area contributed by atoms with Crippen molar-refractivity contribution >= 4 is 40.8 Å². The highest BCUT2D eigenvalue weighted by Gasteiger charge is 2.22. The number of oxazole rings is 1. The van der Waals surface area contributed by atoms with Crippen molar-refractivity contribution in [2.24, 2.45) is 0 Å². The first-order chi connectivity index (χ1) is 14.0. The van der Waals surface area contributed by atoms with Crippen molar-refractivity contribution in [1.82, 2.24) is 15.6 Å². The van der Waals surface area contributed by atoms with E-state index in [-0.39, 0.29) is 0 Å². The summed E-state index contributed by atoms with van der Waals surface area (Å²) in [5.74, 6) is -0.939. The van der Waals surface area contributed by atoms with Crippen molar-refractivity contribution in [3.63, 3.8) is 0 Å². The van der Waals surface area contributed by atoms with Gasteiger partial charge in [0.15, 0.2) is 11.7 Å². The van der Waals surface area contributed by atoms with E-state index in [1.54, 1.807) is 24.3 Å². The van der Waals surface area contributed by atoms with Gasteiger partial charge >= 0.3 is 12.0 Å². The Balaban J connectivity index is 1.66. The molecule has 3 amide bonds. The average Bonchev–Trinajstić information content (AvgIpc) is 3.15. The Morgan fingerprint density at radius 1 is 1.14 bits per heavy atom. The second kappa shape index (κ2) is 9.24. The maximum absolute atomic E-state index is 12.5. The predicted molar refractivity (Wildman–Crippen MR) is 107 cm³/mol. The number of esters is 1. The third-order valence-electron chi connectivity index (χ3n) is 3.98. The van der Waals surface area contributed by atoms with Gasteiger partial charge in [0.2, 0.25) is 0 Å². The molecule has 2 aromatic carbocycles. The smallest absolute Gasteiger partial charge is 0.339 e. The topological polar surface area (TPSA) is 111 Å². The highest BCUT2D eigenvalue weighted by atomic mass is 32.2. The molecule has 3 rings (SSSR count). The maximum Gasteiger partial charge on any atom is 0.339 e. The largest absolute Gasteiger partial charge is 0.449 e. The van der Waals surface area contributed by atoms with Gasteiger partial charge < -0.3 is 14.5 Å². The summed E-state index contributed by atoms with van der Waals surface area (Å²) in [7, 11) is 1.38. The van der Waals surface area contributed by atoms with Gasteiger partial charge in [0.05, 0.1) is 5.56 Å². The summed E-state index contributed by atoms with van der Waals surface area (Å²) in [5, 5.41) is 4.82. The van der Waals surface area contributed by atoms with Crippen LogP contribution in [0, 0.1) is 0 Å². The Kier molecular flexibility index (Phi) is 6.50. The van der Waals surface area contributed by atoms with Crippen LogP contribution in [0.3, 0.4) is 0 Å². The number of hydrogen-bond donors (Lipinski definition) is 2. The summed E-state index contributed by atoms with van der Waals surface area (Å²) in [6.45, 7) is 1.39. The SMILES string of the molecule is CNC(=O)NC(=O)[C@@H](C)OC(=O)c1ccccc1CSc1nc2ccccc2o1. The molecule has 0 aliphatic carbocycles. The minimum atomic E-state index is -1.13. The molecule has 1 heterocycles. The van der Waals surface area contributed by atoms with E-state index < -0.39 is 24.0 Å². The van der Waals surface area contributed by atoms with Crippen LogP contribution in [-0.2, 0) is 15.3 Å². The number of aromatic nitrogens is 1. The van der Waals surface area contributed by atoms with E-state index in [1.807, 2.05) is 24.3 Å². The summed E-state index contributed by atoms with van der Waals surface area (Å²) in [6.07, 6.45) is -1.13. The molecule has 29 heavy (non-hydrogen) atoms. The Morgan fingerprint density at radius 2 is 1.86 bits per heavy atom. The molecule has 9 heteroatoms. The van der Waals surface area contributed by atoms with E-state index in [1.165, 1.54) is 25.7 Å². The number of nitrogens with one attached hydrogen (secondary N) is 2. The molecular formula is C20H19N3O5S. The van der Waals surface area contributed by atoms with Gasteiger partial charge in [-0.2, -0.15) is 0 Å². The van der Waals surface area contributed by atoms with Crippen molar-refractivity contribution in [2.45, 2.75) is 24.0 Å². The van der Waals surface area contributed by atoms with Crippen LogP contribution in [0.15, 0.2) is 58.2 Å². The van der Waals surface area contributed by atoms with Crippen LogP contribution in [0.2, 0.25) is 0 Å². The van der Waals surface area contributed by atoms with Crippen molar-refractivity contribution in [1.29, 1.82) is 0 Å². The van der Waals surface area contributed by atoms with Gasteiger partial charge in [-0.05, 0) is 30.7 Å². The van der Waals surface area contributed by atoms with Crippen LogP contribution in [-0.4, -0.2) is 36.0 Å². The first kappa shape index (κ1) is 20.4. The van der Waals surface area contributed by atoms with Crippen LogP contribution >= 0.6 is 11.8 Å². The number of benzene rings is 2. The number of thioether (sulfide) groups is 1. The standard InChI is InChI=1S/C20H19N3O5S/c1-12(17(24)23-19(26)21-2)27-18(25)14-8-4-3-7-13(14)11-29-20-22-15-9-5-6-10-16(15)28-20/h3-10,12H,11H2,1-2H3,(H2,21,23,24,26)/t12-/m1/s1. The van der Waals surface area contributed by atoms with Crippen molar-refractivity contribution in [3.8, 4) is 0 Å². The molecular weight excluding hydrogens is 394 g/mol. The fourth-order valence-corrected chi connectivity index (χ4v) is 3.29. The summed E-state index contributed by atoms with van der Waals surface area (Å²) in [6, 6.07) is 13.7. The molecule has 0 bridgehead atoms. The molecule has 150 valence electrons. The number of rotatable bonds is 6. The van der Waals surface area contributed by atoms with Crippen molar-refractivity contribution in [3.05, 3.63) is 59.7 Å². The zero-order chi connectivity index (χ0) is 20.8. The van der Waals surface area contributed by atoms with Gasteiger partial charge in [-0.15, -0.1) is 0 Å². The van der Waals surface area contributed by atoms with E-state index in [2.05, 4.69) is 15.6 Å².